The lowest BCUT2D eigenvalue weighted by Gasteiger charge is -2.39. The number of carbonyl (C=O) groups is 3. The standard InChI is InChI=1S/C27H32N2O6/c1-16-14-18(26(31)32)12-13-29(16)25(30)24(17(2)34-3)28-27(33)35-15-23-21-10-6-4-8-19(21)20-9-5-7-11-22(20)23/h4-11,16-18,23-24H,12-15H2,1-3H3,(H,28,33)(H,31,32)/t16-,17-,18-,24+/m1/s1. The molecule has 2 aromatic carbocycles. The molecule has 0 spiro atoms. The van der Waals surface area contributed by atoms with Gasteiger partial charge in [0.2, 0.25) is 5.91 Å². The van der Waals surface area contributed by atoms with Crippen molar-refractivity contribution in [2.45, 2.75) is 50.8 Å². The van der Waals surface area contributed by atoms with Gasteiger partial charge in [-0.3, -0.25) is 9.59 Å². The van der Waals surface area contributed by atoms with Crippen LogP contribution in [0.1, 0.15) is 43.7 Å². The number of rotatable bonds is 7. The van der Waals surface area contributed by atoms with Crippen molar-refractivity contribution in [1.82, 2.24) is 10.2 Å². The molecule has 35 heavy (non-hydrogen) atoms. The summed E-state index contributed by atoms with van der Waals surface area (Å²) in [5.74, 6) is -1.70. The molecule has 186 valence electrons. The van der Waals surface area contributed by atoms with Crippen molar-refractivity contribution in [2.75, 3.05) is 20.3 Å². The second-order valence-corrected chi connectivity index (χ2v) is 9.33. The van der Waals surface area contributed by atoms with Gasteiger partial charge in [-0.05, 0) is 48.9 Å². The summed E-state index contributed by atoms with van der Waals surface area (Å²) < 4.78 is 11.0. The summed E-state index contributed by atoms with van der Waals surface area (Å²) in [5.41, 5.74) is 4.48. The first-order valence-corrected chi connectivity index (χ1v) is 12.0. The summed E-state index contributed by atoms with van der Waals surface area (Å²) in [6, 6.07) is 15.0. The van der Waals surface area contributed by atoms with Crippen LogP contribution in [0.4, 0.5) is 4.79 Å². The van der Waals surface area contributed by atoms with Crippen molar-refractivity contribution in [3.63, 3.8) is 0 Å². The van der Waals surface area contributed by atoms with Crippen LogP contribution in [0.2, 0.25) is 0 Å². The zero-order valence-electron chi connectivity index (χ0n) is 20.3. The van der Waals surface area contributed by atoms with Crippen molar-refractivity contribution in [3.05, 3.63) is 59.7 Å². The van der Waals surface area contributed by atoms with E-state index >= 15 is 0 Å². The summed E-state index contributed by atoms with van der Waals surface area (Å²) in [7, 11) is 1.48. The number of fused-ring (bicyclic) bond motifs is 3. The number of piperidine rings is 1. The Hall–Kier alpha value is -3.39. The molecule has 0 unspecified atom stereocenters. The van der Waals surface area contributed by atoms with Gasteiger partial charge in [0.25, 0.3) is 0 Å². The van der Waals surface area contributed by atoms with Crippen LogP contribution in [-0.2, 0) is 19.1 Å². The molecule has 4 rings (SSSR count). The van der Waals surface area contributed by atoms with E-state index in [1.54, 1.807) is 11.8 Å². The number of nitrogens with zero attached hydrogens (tertiary/aromatic N) is 1. The molecule has 1 heterocycles. The van der Waals surface area contributed by atoms with Gasteiger partial charge in [-0.1, -0.05) is 48.5 Å². The van der Waals surface area contributed by atoms with E-state index in [9.17, 15) is 19.5 Å². The smallest absolute Gasteiger partial charge is 0.407 e. The highest BCUT2D eigenvalue weighted by atomic mass is 16.5. The Morgan fingerprint density at radius 2 is 1.69 bits per heavy atom. The van der Waals surface area contributed by atoms with E-state index in [0.29, 0.717) is 19.4 Å². The summed E-state index contributed by atoms with van der Waals surface area (Å²) in [6.45, 7) is 3.99. The highest BCUT2D eigenvalue weighted by molar-refractivity contribution is 5.87. The topological polar surface area (TPSA) is 105 Å². The first-order valence-electron chi connectivity index (χ1n) is 12.0. The maximum Gasteiger partial charge on any atom is 0.407 e. The third-order valence-corrected chi connectivity index (χ3v) is 7.23. The molecule has 1 aliphatic carbocycles. The molecule has 0 saturated carbocycles. The Bertz CT molecular complexity index is 1060. The minimum absolute atomic E-state index is 0.0859. The molecular formula is C27H32N2O6. The van der Waals surface area contributed by atoms with Crippen LogP contribution in [-0.4, -0.2) is 66.4 Å². The molecule has 2 aliphatic rings. The van der Waals surface area contributed by atoms with Gasteiger partial charge in [-0.25, -0.2) is 4.79 Å². The number of carboxylic acid groups (broad SMARTS) is 1. The summed E-state index contributed by atoms with van der Waals surface area (Å²) in [5, 5.41) is 12.0. The lowest BCUT2D eigenvalue weighted by atomic mass is 9.91. The van der Waals surface area contributed by atoms with Crippen LogP contribution >= 0.6 is 0 Å². The van der Waals surface area contributed by atoms with E-state index in [-0.39, 0.29) is 24.5 Å². The number of hydrogen-bond donors (Lipinski definition) is 2. The minimum Gasteiger partial charge on any atom is -0.481 e. The zero-order valence-corrected chi connectivity index (χ0v) is 20.3. The number of aliphatic carboxylic acids is 1. The number of amides is 2. The molecule has 2 aromatic rings. The lowest BCUT2D eigenvalue weighted by molar-refractivity contribution is -0.149. The van der Waals surface area contributed by atoms with Crippen LogP contribution in [0.15, 0.2) is 48.5 Å². The number of methoxy groups -OCH3 is 1. The van der Waals surface area contributed by atoms with Gasteiger partial charge < -0.3 is 24.8 Å². The van der Waals surface area contributed by atoms with Gasteiger partial charge in [0, 0.05) is 25.6 Å². The van der Waals surface area contributed by atoms with E-state index in [4.69, 9.17) is 9.47 Å². The molecule has 0 bridgehead atoms. The van der Waals surface area contributed by atoms with Gasteiger partial charge in [0.15, 0.2) is 0 Å². The number of carboxylic acids is 1. The Morgan fingerprint density at radius 3 is 2.23 bits per heavy atom. The predicted molar refractivity (Wildman–Crippen MR) is 130 cm³/mol. The molecule has 0 aromatic heterocycles. The van der Waals surface area contributed by atoms with Gasteiger partial charge in [-0.15, -0.1) is 0 Å². The van der Waals surface area contributed by atoms with E-state index in [1.165, 1.54) is 7.11 Å². The number of carbonyl (C=O) groups excluding carboxylic acids is 2. The second kappa shape index (κ2) is 10.5. The monoisotopic (exact) mass is 480 g/mol. The highest BCUT2D eigenvalue weighted by Crippen LogP contribution is 2.44. The molecule has 2 N–H and O–H groups in total. The third-order valence-electron chi connectivity index (χ3n) is 7.23. The van der Waals surface area contributed by atoms with Crippen molar-refractivity contribution >= 4 is 18.0 Å². The predicted octanol–water partition coefficient (Wildman–Crippen LogP) is 3.64. The number of ether oxygens (including phenoxy) is 2. The Balaban J connectivity index is 1.43. The van der Waals surface area contributed by atoms with E-state index in [1.807, 2.05) is 43.3 Å². The van der Waals surface area contributed by atoms with Crippen LogP contribution < -0.4 is 5.32 Å². The minimum atomic E-state index is -0.945. The molecule has 1 fully saturated rings. The van der Waals surface area contributed by atoms with Crippen molar-refractivity contribution < 1.29 is 29.0 Å². The van der Waals surface area contributed by atoms with Crippen molar-refractivity contribution in [2.24, 2.45) is 5.92 Å². The molecule has 1 aliphatic heterocycles. The zero-order chi connectivity index (χ0) is 25.1. The van der Waals surface area contributed by atoms with Gasteiger partial charge in [-0.2, -0.15) is 0 Å². The second-order valence-electron chi connectivity index (χ2n) is 9.33. The van der Waals surface area contributed by atoms with Crippen molar-refractivity contribution in [3.8, 4) is 11.1 Å². The molecular weight excluding hydrogens is 448 g/mol. The third kappa shape index (κ3) is 5.03. The summed E-state index contributed by atoms with van der Waals surface area (Å²) in [4.78, 5) is 39.1. The summed E-state index contributed by atoms with van der Waals surface area (Å²) >= 11 is 0. The quantitative estimate of drug-likeness (QED) is 0.627. The number of likely N-dealkylation sites (tertiary alicyclic amines) is 1. The van der Waals surface area contributed by atoms with Crippen LogP contribution in [0.5, 0.6) is 0 Å². The fourth-order valence-electron chi connectivity index (χ4n) is 5.19. The molecule has 8 heteroatoms. The van der Waals surface area contributed by atoms with E-state index in [2.05, 4.69) is 17.4 Å². The van der Waals surface area contributed by atoms with E-state index in [0.717, 1.165) is 22.3 Å². The lowest BCUT2D eigenvalue weighted by Crippen LogP contribution is -2.58. The molecule has 0 radical (unpaired) electrons. The normalized spacial score (nSPS) is 20.9. The average Bonchev–Trinajstić information content (AvgIpc) is 3.18. The maximum atomic E-state index is 13.3. The molecule has 1 saturated heterocycles. The van der Waals surface area contributed by atoms with Crippen LogP contribution in [0.25, 0.3) is 11.1 Å². The maximum absolute atomic E-state index is 13.3. The van der Waals surface area contributed by atoms with Gasteiger partial charge in [0.05, 0.1) is 12.0 Å². The number of nitrogens with one attached hydrogen (secondary N) is 1. The first kappa shape index (κ1) is 24.7. The summed E-state index contributed by atoms with van der Waals surface area (Å²) in [6.07, 6.45) is -0.528. The number of hydrogen-bond acceptors (Lipinski definition) is 5. The van der Waals surface area contributed by atoms with Crippen LogP contribution in [0.3, 0.4) is 0 Å². The van der Waals surface area contributed by atoms with Crippen LogP contribution in [0, 0.1) is 5.92 Å². The highest BCUT2D eigenvalue weighted by Gasteiger charge is 2.38. The number of alkyl carbamates (subject to hydrolysis) is 1. The largest absolute Gasteiger partial charge is 0.481 e. The fraction of sp³-hybridized carbons (Fsp3) is 0.444. The Morgan fingerprint density at radius 1 is 1.09 bits per heavy atom. The first-order chi connectivity index (χ1) is 16.8. The van der Waals surface area contributed by atoms with E-state index < -0.39 is 30.1 Å². The number of benzene rings is 2. The Labute approximate surface area is 205 Å². The van der Waals surface area contributed by atoms with Crippen molar-refractivity contribution in [1.29, 1.82) is 0 Å². The molecule has 4 atom stereocenters. The SMILES string of the molecule is CO[C@H](C)[C@H](NC(=O)OCC1c2ccccc2-c2ccccc21)C(=O)N1CC[C@@H](C(=O)O)C[C@H]1C. The molecule has 2 amide bonds. The fourth-order valence-corrected chi connectivity index (χ4v) is 5.19. The van der Waals surface area contributed by atoms with Gasteiger partial charge >= 0.3 is 12.1 Å². The van der Waals surface area contributed by atoms with Gasteiger partial charge in [0.1, 0.15) is 12.6 Å². The Kier molecular flexibility index (Phi) is 7.40. The average molecular weight is 481 g/mol. The molecule has 8 nitrogen and oxygen atoms in total.